The molecule has 1 aromatic carbocycles. The SMILES string of the molecule is COc1cc(-n2cnn3cc(-c4ccc(Cl)cn4)cc3c2=O)ccc1N1CC[C@@H](OC(=O)[C@H](N)C(C)C)C1. The number of aromatic nitrogens is 4. The Morgan fingerprint density at radius 1 is 1.21 bits per heavy atom. The molecule has 3 aromatic heterocycles. The van der Waals surface area contributed by atoms with Crippen molar-refractivity contribution in [2.75, 3.05) is 25.1 Å². The Hall–Kier alpha value is -3.89. The smallest absolute Gasteiger partial charge is 0.323 e. The number of nitrogens with zero attached hydrogens (tertiary/aromatic N) is 5. The average Bonchev–Trinajstić information content (AvgIpc) is 3.56. The van der Waals surface area contributed by atoms with Crippen LogP contribution in [0.1, 0.15) is 20.3 Å². The normalized spacial score (nSPS) is 16.3. The number of nitrogens with two attached hydrogens (primary N) is 1. The van der Waals surface area contributed by atoms with Gasteiger partial charge in [0.15, 0.2) is 0 Å². The van der Waals surface area contributed by atoms with Crippen LogP contribution in [0, 0.1) is 5.92 Å². The van der Waals surface area contributed by atoms with E-state index in [4.69, 9.17) is 26.8 Å². The van der Waals surface area contributed by atoms with Gasteiger partial charge in [0.2, 0.25) is 0 Å². The molecule has 0 bridgehead atoms. The van der Waals surface area contributed by atoms with Gasteiger partial charge in [0, 0.05) is 37.0 Å². The number of anilines is 1. The molecule has 38 heavy (non-hydrogen) atoms. The number of methoxy groups -OCH3 is 1. The molecule has 0 aliphatic carbocycles. The van der Waals surface area contributed by atoms with Crippen LogP contribution < -0.4 is 20.9 Å². The first-order valence-corrected chi connectivity index (χ1v) is 12.7. The zero-order chi connectivity index (χ0) is 27.0. The lowest BCUT2D eigenvalue weighted by Crippen LogP contribution is -2.39. The molecule has 0 amide bonds. The van der Waals surface area contributed by atoms with Gasteiger partial charge in [0.25, 0.3) is 5.56 Å². The molecule has 0 radical (unpaired) electrons. The molecular weight excluding hydrogens is 508 g/mol. The number of carbonyl (C=O) groups is 1. The molecule has 1 aliphatic heterocycles. The molecule has 2 N–H and O–H groups in total. The number of benzene rings is 1. The molecule has 198 valence electrons. The summed E-state index contributed by atoms with van der Waals surface area (Å²) in [5, 5.41) is 4.96. The van der Waals surface area contributed by atoms with E-state index in [1.165, 1.54) is 15.4 Å². The van der Waals surface area contributed by atoms with Crippen molar-refractivity contribution in [2.45, 2.75) is 32.4 Å². The molecule has 1 saturated heterocycles. The third-order valence-electron chi connectivity index (χ3n) is 6.75. The Kier molecular flexibility index (Phi) is 7.09. The van der Waals surface area contributed by atoms with Crippen LogP contribution in [0.5, 0.6) is 5.75 Å². The Bertz CT molecular complexity index is 1530. The zero-order valence-electron chi connectivity index (χ0n) is 21.4. The molecule has 1 aliphatic rings. The minimum Gasteiger partial charge on any atom is -0.495 e. The molecule has 0 unspecified atom stereocenters. The minimum atomic E-state index is -0.638. The number of pyridine rings is 1. The summed E-state index contributed by atoms with van der Waals surface area (Å²) in [6, 6.07) is 10.2. The summed E-state index contributed by atoms with van der Waals surface area (Å²) in [5.74, 6) is 0.232. The number of halogens is 1. The lowest BCUT2D eigenvalue weighted by atomic mass is 10.1. The molecule has 0 spiro atoms. The summed E-state index contributed by atoms with van der Waals surface area (Å²) in [7, 11) is 1.58. The molecule has 10 nitrogen and oxygen atoms in total. The Balaban J connectivity index is 1.39. The highest BCUT2D eigenvalue weighted by atomic mass is 35.5. The van der Waals surface area contributed by atoms with Gasteiger partial charge < -0.3 is 20.1 Å². The van der Waals surface area contributed by atoms with E-state index in [2.05, 4.69) is 15.0 Å². The summed E-state index contributed by atoms with van der Waals surface area (Å²) >= 11 is 5.95. The number of ether oxygens (including phenoxy) is 2. The van der Waals surface area contributed by atoms with Crippen molar-refractivity contribution in [3.05, 3.63) is 70.5 Å². The van der Waals surface area contributed by atoms with E-state index >= 15 is 0 Å². The van der Waals surface area contributed by atoms with E-state index < -0.39 is 6.04 Å². The fraction of sp³-hybridized carbons (Fsp3) is 0.333. The highest BCUT2D eigenvalue weighted by molar-refractivity contribution is 6.30. The fourth-order valence-electron chi connectivity index (χ4n) is 4.50. The number of esters is 1. The molecular formula is C27H29ClN6O4. The Labute approximate surface area is 224 Å². The maximum absolute atomic E-state index is 13.4. The van der Waals surface area contributed by atoms with Crippen molar-refractivity contribution in [1.82, 2.24) is 19.2 Å². The first-order chi connectivity index (χ1) is 18.2. The molecule has 11 heteroatoms. The van der Waals surface area contributed by atoms with E-state index in [-0.39, 0.29) is 23.6 Å². The monoisotopic (exact) mass is 536 g/mol. The van der Waals surface area contributed by atoms with Crippen molar-refractivity contribution in [2.24, 2.45) is 11.7 Å². The second-order valence-electron chi connectivity index (χ2n) is 9.65. The van der Waals surface area contributed by atoms with Crippen molar-refractivity contribution < 1.29 is 14.3 Å². The molecule has 2 atom stereocenters. The van der Waals surface area contributed by atoms with E-state index in [0.29, 0.717) is 47.2 Å². The van der Waals surface area contributed by atoms with Crippen molar-refractivity contribution >= 4 is 28.8 Å². The summed E-state index contributed by atoms with van der Waals surface area (Å²) in [4.78, 5) is 32.1. The number of fused-ring (bicyclic) bond motifs is 1. The second kappa shape index (κ2) is 10.5. The first kappa shape index (κ1) is 25.7. The molecule has 4 heterocycles. The van der Waals surface area contributed by atoms with E-state index in [1.54, 1.807) is 43.8 Å². The summed E-state index contributed by atoms with van der Waals surface area (Å²) in [6.07, 6.45) is 5.24. The molecule has 0 saturated carbocycles. The van der Waals surface area contributed by atoms with Crippen LogP contribution in [0.3, 0.4) is 0 Å². The van der Waals surface area contributed by atoms with Crippen LogP contribution in [0.25, 0.3) is 22.5 Å². The van der Waals surface area contributed by atoms with Crippen LogP contribution in [-0.2, 0) is 9.53 Å². The van der Waals surface area contributed by atoms with Gasteiger partial charge >= 0.3 is 5.97 Å². The average molecular weight is 537 g/mol. The van der Waals surface area contributed by atoms with Gasteiger partial charge in [-0.3, -0.25) is 19.1 Å². The standard InChI is InChI=1S/C27H29ClN6O4/c1-16(2)25(29)27(36)38-20-8-9-32(14-20)22-7-5-19(11-24(22)37-3)33-15-31-34-13-17(10-23(34)26(33)35)21-6-4-18(28)12-30-21/h4-7,10-13,15-16,20,25H,8-9,14,29H2,1-3H3/t20-,25-/m1/s1. The summed E-state index contributed by atoms with van der Waals surface area (Å²) in [6.45, 7) is 5.02. The van der Waals surface area contributed by atoms with Crippen LogP contribution in [0.2, 0.25) is 5.02 Å². The van der Waals surface area contributed by atoms with E-state index in [9.17, 15) is 9.59 Å². The number of hydrogen-bond acceptors (Lipinski definition) is 8. The second-order valence-corrected chi connectivity index (χ2v) is 10.1. The van der Waals surface area contributed by atoms with Gasteiger partial charge in [-0.1, -0.05) is 25.4 Å². The predicted molar refractivity (Wildman–Crippen MR) is 145 cm³/mol. The van der Waals surface area contributed by atoms with E-state index in [1.807, 2.05) is 26.0 Å². The number of carbonyl (C=O) groups excluding carboxylic acids is 1. The van der Waals surface area contributed by atoms with Crippen LogP contribution >= 0.6 is 11.6 Å². The van der Waals surface area contributed by atoms with Crippen LogP contribution in [0.4, 0.5) is 5.69 Å². The van der Waals surface area contributed by atoms with Gasteiger partial charge in [-0.25, -0.2) is 4.52 Å². The first-order valence-electron chi connectivity index (χ1n) is 12.4. The minimum absolute atomic E-state index is 0.0113. The van der Waals surface area contributed by atoms with Crippen LogP contribution in [-0.4, -0.2) is 57.5 Å². The molecule has 5 rings (SSSR count). The third kappa shape index (κ3) is 4.97. The lowest BCUT2D eigenvalue weighted by Gasteiger charge is -2.22. The Morgan fingerprint density at radius 2 is 2.03 bits per heavy atom. The number of rotatable bonds is 7. The van der Waals surface area contributed by atoms with Crippen molar-refractivity contribution in [1.29, 1.82) is 0 Å². The molecule has 1 fully saturated rings. The maximum atomic E-state index is 13.4. The topological polar surface area (TPSA) is 117 Å². The highest BCUT2D eigenvalue weighted by Crippen LogP contribution is 2.33. The van der Waals surface area contributed by atoms with Crippen molar-refractivity contribution in [3.8, 4) is 22.7 Å². The zero-order valence-corrected chi connectivity index (χ0v) is 22.1. The van der Waals surface area contributed by atoms with Crippen molar-refractivity contribution in [3.63, 3.8) is 0 Å². The van der Waals surface area contributed by atoms with E-state index in [0.717, 1.165) is 11.3 Å². The predicted octanol–water partition coefficient (Wildman–Crippen LogP) is 3.31. The number of hydrogen-bond donors (Lipinski definition) is 1. The molecule has 4 aromatic rings. The quantitative estimate of drug-likeness (QED) is 0.357. The third-order valence-corrected chi connectivity index (χ3v) is 6.98. The van der Waals surface area contributed by atoms with Gasteiger partial charge in [-0.15, -0.1) is 0 Å². The largest absolute Gasteiger partial charge is 0.495 e. The van der Waals surface area contributed by atoms with Gasteiger partial charge in [0.1, 0.15) is 29.7 Å². The van der Waals surface area contributed by atoms with Gasteiger partial charge in [-0.05, 0) is 36.2 Å². The van der Waals surface area contributed by atoms with Gasteiger partial charge in [-0.2, -0.15) is 5.10 Å². The highest BCUT2D eigenvalue weighted by Gasteiger charge is 2.30. The summed E-state index contributed by atoms with van der Waals surface area (Å²) in [5.41, 5.74) is 9.03. The Morgan fingerprint density at radius 3 is 2.74 bits per heavy atom. The van der Waals surface area contributed by atoms with Gasteiger partial charge in [0.05, 0.1) is 35.7 Å². The lowest BCUT2D eigenvalue weighted by molar-refractivity contribution is -0.150. The maximum Gasteiger partial charge on any atom is 0.323 e. The fourth-order valence-corrected chi connectivity index (χ4v) is 4.61. The van der Waals surface area contributed by atoms with Crippen LogP contribution in [0.15, 0.2) is 59.9 Å². The summed E-state index contributed by atoms with van der Waals surface area (Å²) < 4.78 is 14.3.